The van der Waals surface area contributed by atoms with E-state index in [-0.39, 0.29) is 6.04 Å². The molecule has 0 aliphatic carbocycles. The second-order valence-electron chi connectivity index (χ2n) is 3.92. The Morgan fingerprint density at radius 2 is 2.41 bits per heavy atom. The molecule has 0 spiro atoms. The lowest BCUT2D eigenvalue weighted by atomic mass is 10.3. The topological polar surface area (TPSA) is 84.3 Å². The summed E-state index contributed by atoms with van der Waals surface area (Å²) >= 11 is 0. The first kappa shape index (κ1) is 11.7. The van der Waals surface area contributed by atoms with Gasteiger partial charge in [-0.1, -0.05) is 12.1 Å². The molecule has 17 heavy (non-hydrogen) atoms. The standard InChI is InChI=1S/C10H17N7/c1-3-6-17-9(4-5-12-17)7-11-8(2)10-13-15-16-14-10/h4-5,8,11H,3,6-7H2,1-2H3,(H,13,14,15,16). The van der Waals surface area contributed by atoms with E-state index in [1.54, 1.807) is 0 Å². The molecule has 7 nitrogen and oxygen atoms in total. The predicted molar refractivity (Wildman–Crippen MR) is 62.0 cm³/mol. The van der Waals surface area contributed by atoms with Crippen LogP contribution >= 0.6 is 0 Å². The van der Waals surface area contributed by atoms with Crippen LogP contribution in [-0.4, -0.2) is 30.4 Å². The molecule has 2 heterocycles. The Bertz CT molecular complexity index is 433. The summed E-state index contributed by atoms with van der Waals surface area (Å²) in [6.07, 6.45) is 2.90. The highest BCUT2D eigenvalue weighted by atomic mass is 15.5. The average Bonchev–Trinajstić information content (AvgIpc) is 2.97. The maximum Gasteiger partial charge on any atom is 0.191 e. The smallest absolute Gasteiger partial charge is 0.191 e. The monoisotopic (exact) mass is 235 g/mol. The molecule has 0 fully saturated rings. The molecule has 2 rings (SSSR count). The first-order valence-corrected chi connectivity index (χ1v) is 5.78. The Hall–Kier alpha value is -1.76. The summed E-state index contributed by atoms with van der Waals surface area (Å²) in [6.45, 7) is 5.84. The first-order chi connectivity index (χ1) is 8.31. The fourth-order valence-corrected chi connectivity index (χ4v) is 1.63. The summed E-state index contributed by atoms with van der Waals surface area (Å²) in [7, 11) is 0. The van der Waals surface area contributed by atoms with Crippen molar-refractivity contribution in [2.24, 2.45) is 0 Å². The normalized spacial score (nSPS) is 12.8. The highest BCUT2D eigenvalue weighted by molar-refractivity contribution is 5.01. The summed E-state index contributed by atoms with van der Waals surface area (Å²) < 4.78 is 2.01. The Morgan fingerprint density at radius 3 is 3.12 bits per heavy atom. The molecule has 0 amide bonds. The lowest BCUT2D eigenvalue weighted by Crippen LogP contribution is -2.21. The predicted octanol–water partition coefficient (Wildman–Crippen LogP) is 0.657. The van der Waals surface area contributed by atoms with Crippen LogP contribution in [0.5, 0.6) is 0 Å². The van der Waals surface area contributed by atoms with Crippen LogP contribution in [-0.2, 0) is 13.1 Å². The van der Waals surface area contributed by atoms with Gasteiger partial charge in [0.2, 0.25) is 0 Å². The molecule has 7 heteroatoms. The second-order valence-corrected chi connectivity index (χ2v) is 3.92. The van der Waals surface area contributed by atoms with Gasteiger partial charge in [0, 0.05) is 19.3 Å². The van der Waals surface area contributed by atoms with Gasteiger partial charge in [0.15, 0.2) is 5.82 Å². The Balaban J connectivity index is 1.91. The van der Waals surface area contributed by atoms with Gasteiger partial charge in [0.25, 0.3) is 0 Å². The third-order valence-corrected chi connectivity index (χ3v) is 2.58. The average molecular weight is 235 g/mol. The van der Waals surface area contributed by atoms with Gasteiger partial charge in [0.1, 0.15) is 0 Å². The van der Waals surface area contributed by atoms with E-state index in [9.17, 15) is 0 Å². The number of hydrogen-bond acceptors (Lipinski definition) is 5. The first-order valence-electron chi connectivity index (χ1n) is 5.78. The molecule has 1 unspecified atom stereocenters. The number of aromatic nitrogens is 6. The van der Waals surface area contributed by atoms with Crippen LogP contribution in [0.1, 0.15) is 37.8 Å². The minimum absolute atomic E-state index is 0.0683. The molecule has 2 aromatic heterocycles. The fraction of sp³-hybridized carbons (Fsp3) is 0.600. The van der Waals surface area contributed by atoms with Crippen molar-refractivity contribution in [1.82, 2.24) is 35.7 Å². The van der Waals surface area contributed by atoms with E-state index in [0.717, 1.165) is 19.5 Å². The summed E-state index contributed by atoms with van der Waals surface area (Å²) in [6, 6.07) is 2.09. The molecular formula is C10H17N7. The lowest BCUT2D eigenvalue weighted by Gasteiger charge is -2.11. The maximum atomic E-state index is 4.27. The number of aryl methyl sites for hydroxylation is 1. The van der Waals surface area contributed by atoms with Crippen molar-refractivity contribution in [3.05, 3.63) is 23.8 Å². The van der Waals surface area contributed by atoms with Gasteiger partial charge in [0.05, 0.1) is 11.7 Å². The minimum Gasteiger partial charge on any atom is -0.302 e. The molecule has 0 bridgehead atoms. The fourth-order valence-electron chi connectivity index (χ4n) is 1.63. The Morgan fingerprint density at radius 1 is 1.53 bits per heavy atom. The quantitative estimate of drug-likeness (QED) is 0.768. The molecule has 0 saturated carbocycles. The lowest BCUT2D eigenvalue weighted by molar-refractivity contribution is 0.504. The van der Waals surface area contributed by atoms with Crippen molar-refractivity contribution in [2.45, 2.75) is 39.4 Å². The minimum atomic E-state index is 0.0683. The molecule has 0 saturated heterocycles. The van der Waals surface area contributed by atoms with E-state index in [4.69, 9.17) is 0 Å². The van der Waals surface area contributed by atoms with Gasteiger partial charge in [-0.25, -0.2) is 0 Å². The van der Waals surface area contributed by atoms with Crippen molar-refractivity contribution < 1.29 is 0 Å². The maximum absolute atomic E-state index is 4.27. The van der Waals surface area contributed by atoms with Gasteiger partial charge in [-0.2, -0.15) is 10.3 Å². The largest absolute Gasteiger partial charge is 0.302 e. The molecule has 1 atom stereocenters. The van der Waals surface area contributed by atoms with Gasteiger partial charge in [-0.05, 0) is 19.4 Å². The van der Waals surface area contributed by atoms with Crippen molar-refractivity contribution in [2.75, 3.05) is 0 Å². The molecule has 2 N–H and O–H groups in total. The van der Waals surface area contributed by atoms with Crippen molar-refractivity contribution >= 4 is 0 Å². The summed E-state index contributed by atoms with van der Waals surface area (Å²) in [5.74, 6) is 0.673. The van der Waals surface area contributed by atoms with Crippen LogP contribution in [0.4, 0.5) is 0 Å². The van der Waals surface area contributed by atoms with Gasteiger partial charge < -0.3 is 5.32 Å². The number of H-pyrrole nitrogens is 1. The van der Waals surface area contributed by atoms with E-state index >= 15 is 0 Å². The van der Waals surface area contributed by atoms with Crippen molar-refractivity contribution in [3.8, 4) is 0 Å². The van der Waals surface area contributed by atoms with Crippen LogP contribution in [0.3, 0.4) is 0 Å². The molecule has 0 radical (unpaired) electrons. The van der Waals surface area contributed by atoms with E-state index in [1.807, 2.05) is 23.9 Å². The van der Waals surface area contributed by atoms with E-state index in [1.165, 1.54) is 5.69 Å². The molecule has 92 valence electrons. The van der Waals surface area contributed by atoms with Gasteiger partial charge in [-0.15, -0.1) is 10.2 Å². The SMILES string of the molecule is CCCn1nccc1CNC(C)c1nn[nH]n1. The number of tetrazole rings is 1. The number of nitrogens with zero attached hydrogens (tertiary/aromatic N) is 5. The van der Waals surface area contributed by atoms with E-state index in [0.29, 0.717) is 5.82 Å². The van der Waals surface area contributed by atoms with Crippen LogP contribution in [0, 0.1) is 0 Å². The van der Waals surface area contributed by atoms with Crippen LogP contribution in [0.25, 0.3) is 0 Å². The summed E-state index contributed by atoms with van der Waals surface area (Å²) in [4.78, 5) is 0. The zero-order valence-corrected chi connectivity index (χ0v) is 10.1. The van der Waals surface area contributed by atoms with Crippen molar-refractivity contribution in [3.63, 3.8) is 0 Å². The molecule has 0 aliphatic rings. The van der Waals surface area contributed by atoms with Crippen LogP contribution in [0.15, 0.2) is 12.3 Å². The Kier molecular flexibility index (Phi) is 3.81. The molecule has 0 aliphatic heterocycles. The highest BCUT2D eigenvalue weighted by Crippen LogP contribution is 2.06. The number of hydrogen-bond donors (Lipinski definition) is 2. The summed E-state index contributed by atoms with van der Waals surface area (Å²) in [5, 5.41) is 21.5. The Labute approximate surface area is 99.6 Å². The van der Waals surface area contributed by atoms with Gasteiger partial charge in [-0.3, -0.25) is 4.68 Å². The molecule has 0 aromatic carbocycles. The third kappa shape index (κ3) is 2.88. The van der Waals surface area contributed by atoms with Crippen molar-refractivity contribution in [1.29, 1.82) is 0 Å². The van der Waals surface area contributed by atoms with Crippen LogP contribution < -0.4 is 5.32 Å². The zero-order valence-electron chi connectivity index (χ0n) is 10.1. The number of nitrogens with one attached hydrogen (secondary N) is 2. The van der Waals surface area contributed by atoms with Crippen LogP contribution in [0.2, 0.25) is 0 Å². The molecule has 2 aromatic rings. The van der Waals surface area contributed by atoms with Gasteiger partial charge >= 0.3 is 0 Å². The number of aromatic amines is 1. The number of rotatable bonds is 6. The second kappa shape index (κ2) is 5.53. The molecular weight excluding hydrogens is 218 g/mol. The zero-order chi connectivity index (χ0) is 12.1. The van der Waals surface area contributed by atoms with E-state index in [2.05, 4.69) is 38.0 Å². The van der Waals surface area contributed by atoms with E-state index < -0.39 is 0 Å². The third-order valence-electron chi connectivity index (χ3n) is 2.58. The summed E-state index contributed by atoms with van der Waals surface area (Å²) in [5.41, 5.74) is 1.17. The highest BCUT2D eigenvalue weighted by Gasteiger charge is 2.10.